The number of benzene rings is 1. The quantitative estimate of drug-likeness (QED) is 0.612. The first-order valence-electron chi connectivity index (χ1n) is 12.1. The number of carbonyl (C=O) groups excluding carboxylic acids is 2. The third kappa shape index (κ3) is 6.57. The van der Waals surface area contributed by atoms with E-state index < -0.39 is 0 Å². The third-order valence-corrected chi connectivity index (χ3v) is 6.82. The van der Waals surface area contributed by atoms with Gasteiger partial charge in [0, 0.05) is 34.3 Å². The molecule has 5 nitrogen and oxygen atoms in total. The minimum atomic E-state index is -0.0776. The molecule has 1 aliphatic heterocycles. The smallest absolute Gasteiger partial charge is 0.251 e. The summed E-state index contributed by atoms with van der Waals surface area (Å²) in [6, 6.07) is 7.34. The summed E-state index contributed by atoms with van der Waals surface area (Å²) in [6.07, 6.45) is 4.92. The number of hydrogen-bond acceptors (Lipinski definition) is 3. The van der Waals surface area contributed by atoms with Crippen LogP contribution in [0.2, 0.25) is 0 Å². The van der Waals surface area contributed by atoms with Gasteiger partial charge in [0.1, 0.15) is 0 Å². The first kappa shape index (κ1) is 24.8. The Hall–Kier alpha value is -1.88. The molecule has 1 saturated heterocycles. The maximum atomic E-state index is 12.9. The summed E-state index contributed by atoms with van der Waals surface area (Å²) in [5, 5.41) is 10.1. The second-order valence-corrected chi connectivity index (χ2v) is 13.1. The van der Waals surface area contributed by atoms with E-state index in [0.717, 1.165) is 25.7 Å². The molecule has 1 aliphatic carbocycles. The number of rotatable bonds is 4. The number of amides is 2. The summed E-state index contributed by atoms with van der Waals surface area (Å²) in [6.45, 7) is 17.8. The molecule has 2 fully saturated rings. The predicted molar refractivity (Wildman–Crippen MR) is 131 cm³/mol. The Labute approximate surface area is 194 Å². The van der Waals surface area contributed by atoms with Crippen molar-refractivity contribution >= 4 is 11.8 Å². The van der Waals surface area contributed by atoms with Crippen molar-refractivity contribution in [1.29, 1.82) is 0 Å². The Balaban J connectivity index is 1.61. The van der Waals surface area contributed by atoms with Crippen LogP contribution in [0.3, 0.4) is 0 Å². The average molecular weight is 442 g/mol. The minimum Gasteiger partial charge on any atom is -0.349 e. The van der Waals surface area contributed by atoms with Crippen molar-refractivity contribution in [3.05, 3.63) is 35.4 Å². The van der Waals surface area contributed by atoms with E-state index in [9.17, 15) is 9.59 Å². The van der Waals surface area contributed by atoms with Crippen molar-refractivity contribution in [3.8, 4) is 0 Å². The number of nitrogens with one attached hydrogen (secondary N) is 3. The van der Waals surface area contributed by atoms with Crippen LogP contribution in [0.1, 0.15) is 108 Å². The molecule has 1 aromatic rings. The lowest BCUT2D eigenvalue weighted by Crippen LogP contribution is -2.62. The van der Waals surface area contributed by atoms with Crippen molar-refractivity contribution in [2.45, 2.75) is 111 Å². The molecule has 178 valence electrons. The minimum absolute atomic E-state index is 0.0239. The Kier molecular flexibility index (Phi) is 6.56. The molecule has 5 heteroatoms. The van der Waals surface area contributed by atoms with E-state index in [2.05, 4.69) is 71.3 Å². The van der Waals surface area contributed by atoms with Gasteiger partial charge in [0.05, 0.1) is 0 Å². The third-order valence-electron chi connectivity index (χ3n) is 6.82. The highest BCUT2D eigenvalue weighted by molar-refractivity contribution is 5.98. The van der Waals surface area contributed by atoms with Gasteiger partial charge < -0.3 is 16.0 Å². The summed E-state index contributed by atoms with van der Waals surface area (Å²) in [5.74, 6) is -0.136. The molecule has 3 rings (SSSR count). The topological polar surface area (TPSA) is 70.2 Å². The molecule has 1 heterocycles. The van der Waals surface area contributed by atoms with Gasteiger partial charge in [-0.25, -0.2) is 0 Å². The summed E-state index contributed by atoms with van der Waals surface area (Å²) < 4.78 is 0. The van der Waals surface area contributed by atoms with Crippen LogP contribution in [-0.2, 0) is 0 Å². The molecule has 2 aliphatic rings. The zero-order valence-electron chi connectivity index (χ0n) is 21.3. The van der Waals surface area contributed by atoms with Crippen LogP contribution in [0.5, 0.6) is 0 Å². The monoisotopic (exact) mass is 441 g/mol. The summed E-state index contributed by atoms with van der Waals surface area (Å²) in [5.41, 5.74) is 1.59. The van der Waals surface area contributed by atoms with E-state index in [-0.39, 0.29) is 45.8 Å². The molecule has 0 aromatic heterocycles. The fourth-order valence-corrected chi connectivity index (χ4v) is 6.68. The average Bonchev–Trinajstić information content (AvgIpc) is 2.56. The zero-order chi connectivity index (χ0) is 23.9. The maximum absolute atomic E-state index is 12.9. The van der Waals surface area contributed by atoms with Crippen LogP contribution in [0, 0.1) is 10.8 Å². The summed E-state index contributed by atoms with van der Waals surface area (Å²) in [7, 11) is 0. The van der Waals surface area contributed by atoms with Gasteiger partial charge in [0.15, 0.2) is 0 Å². The first-order valence-corrected chi connectivity index (χ1v) is 12.1. The van der Waals surface area contributed by atoms with Gasteiger partial charge >= 0.3 is 0 Å². The lowest BCUT2D eigenvalue weighted by atomic mass is 9.63. The van der Waals surface area contributed by atoms with Crippen LogP contribution in [0.25, 0.3) is 0 Å². The lowest BCUT2D eigenvalue weighted by molar-refractivity contribution is 0.0712. The Morgan fingerprint density at radius 1 is 0.688 bits per heavy atom. The van der Waals surface area contributed by atoms with Crippen LogP contribution in [-0.4, -0.2) is 35.0 Å². The van der Waals surface area contributed by atoms with Crippen LogP contribution in [0.15, 0.2) is 24.3 Å². The molecular weight excluding hydrogens is 398 g/mol. The van der Waals surface area contributed by atoms with Gasteiger partial charge in [0.25, 0.3) is 11.8 Å². The molecule has 2 amide bonds. The van der Waals surface area contributed by atoms with Crippen molar-refractivity contribution < 1.29 is 9.59 Å². The van der Waals surface area contributed by atoms with E-state index in [4.69, 9.17) is 0 Å². The Bertz CT molecular complexity index is 749. The van der Waals surface area contributed by atoms with Crippen molar-refractivity contribution in [2.75, 3.05) is 0 Å². The highest BCUT2D eigenvalue weighted by Gasteiger charge is 2.39. The summed E-state index contributed by atoms with van der Waals surface area (Å²) in [4.78, 5) is 25.7. The van der Waals surface area contributed by atoms with Crippen molar-refractivity contribution in [3.63, 3.8) is 0 Å². The van der Waals surface area contributed by atoms with Crippen molar-refractivity contribution in [1.82, 2.24) is 16.0 Å². The van der Waals surface area contributed by atoms with Crippen LogP contribution >= 0.6 is 0 Å². The second kappa shape index (κ2) is 8.48. The molecule has 1 aromatic carbocycles. The standard InChI is InChI=1S/C27H43N3O2/c1-24(2)13-20(14-25(3,4)17-24)28-22(31)18-9-11-19(12-10-18)23(32)29-21-15-26(5,6)30-27(7,8)16-21/h9-12,20-21,30H,13-17H2,1-8H3,(H,28,31)(H,29,32). The molecule has 1 saturated carbocycles. The SMILES string of the molecule is CC1(C)CC(NC(=O)c2ccc(C(=O)NC3CC(C)(C)NC(C)(C)C3)cc2)CC(C)(C)C1. The number of hydrogen-bond donors (Lipinski definition) is 3. The van der Waals surface area contributed by atoms with Gasteiger partial charge in [-0.2, -0.15) is 0 Å². The number of piperidine rings is 1. The fourth-order valence-electron chi connectivity index (χ4n) is 6.68. The Morgan fingerprint density at radius 3 is 1.41 bits per heavy atom. The van der Waals surface area contributed by atoms with E-state index in [1.54, 1.807) is 24.3 Å². The molecule has 32 heavy (non-hydrogen) atoms. The fraction of sp³-hybridized carbons (Fsp3) is 0.704. The van der Waals surface area contributed by atoms with Crippen molar-refractivity contribution in [2.24, 2.45) is 10.8 Å². The van der Waals surface area contributed by atoms with Gasteiger partial charge in [0.2, 0.25) is 0 Å². The van der Waals surface area contributed by atoms with Gasteiger partial charge in [-0.1, -0.05) is 27.7 Å². The number of carbonyl (C=O) groups is 2. The molecule has 0 atom stereocenters. The highest BCUT2D eigenvalue weighted by atomic mass is 16.2. The maximum Gasteiger partial charge on any atom is 0.251 e. The van der Waals surface area contributed by atoms with Gasteiger partial charge in [-0.05, 0) is 94.9 Å². The second-order valence-electron chi connectivity index (χ2n) is 13.1. The predicted octanol–water partition coefficient (Wildman–Crippen LogP) is 5.06. The largest absolute Gasteiger partial charge is 0.349 e. The first-order chi connectivity index (χ1) is 14.5. The zero-order valence-corrected chi connectivity index (χ0v) is 21.3. The molecule has 0 radical (unpaired) electrons. The van der Waals surface area contributed by atoms with E-state index in [1.165, 1.54) is 6.42 Å². The molecule has 0 bridgehead atoms. The van der Waals surface area contributed by atoms with Crippen LogP contribution in [0.4, 0.5) is 0 Å². The van der Waals surface area contributed by atoms with E-state index >= 15 is 0 Å². The van der Waals surface area contributed by atoms with Gasteiger partial charge in [-0.3, -0.25) is 9.59 Å². The summed E-state index contributed by atoms with van der Waals surface area (Å²) >= 11 is 0. The highest BCUT2D eigenvalue weighted by Crippen LogP contribution is 2.45. The molecule has 0 spiro atoms. The Morgan fingerprint density at radius 2 is 1.03 bits per heavy atom. The van der Waals surface area contributed by atoms with Gasteiger partial charge in [-0.15, -0.1) is 0 Å². The molecule has 0 unspecified atom stereocenters. The van der Waals surface area contributed by atoms with E-state index in [0.29, 0.717) is 11.1 Å². The van der Waals surface area contributed by atoms with Crippen LogP contribution < -0.4 is 16.0 Å². The molecule has 3 N–H and O–H groups in total. The molecular formula is C27H43N3O2. The normalized spacial score (nSPS) is 24.5. The lowest BCUT2D eigenvalue weighted by Gasteiger charge is -2.46. The van der Waals surface area contributed by atoms with E-state index in [1.807, 2.05) is 0 Å².